The van der Waals surface area contributed by atoms with Gasteiger partial charge in [-0.15, -0.1) is 0 Å². The highest BCUT2D eigenvalue weighted by Crippen LogP contribution is 2.45. The lowest BCUT2D eigenvalue weighted by Gasteiger charge is -2.29. The Morgan fingerprint density at radius 3 is 2.46 bits per heavy atom. The summed E-state index contributed by atoms with van der Waals surface area (Å²) in [6.07, 6.45) is 11.8. The Hall–Kier alpha value is -4.30. The van der Waals surface area contributed by atoms with Gasteiger partial charge in [0, 0.05) is 24.4 Å². The first-order valence-electron chi connectivity index (χ1n) is 17.4. The Labute approximate surface area is 297 Å². The molecule has 3 amide bonds. The fraction of sp³-hybridized carbons (Fsp3) is 0.500. The van der Waals surface area contributed by atoms with Crippen molar-refractivity contribution in [3.8, 4) is 22.3 Å². The third-order valence-corrected chi connectivity index (χ3v) is 11.9. The lowest BCUT2D eigenvalue weighted by molar-refractivity contribution is -0.145. The van der Waals surface area contributed by atoms with Crippen LogP contribution in [0.4, 0.5) is 4.79 Å². The molecule has 4 aliphatic rings. The van der Waals surface area contributed by atoms with E-state index in [2.05, 4.69) is 15.7 Å². The van der Waals surface area contributed by atoms with Gasteiger partial charge in [0.25, 0.3) is 5.56 Å². The molecule has 3 aromatic heterocycles. The highest BCUT2D eigenvalue weighted by molar-refractivity contribution is 7.08. The molecule has 2 saturated carbocycles. The lowest BCUT2D eigenvalue weighted by atomic mass is 10.0. The minimum absolute atomic E-state index is 0.0239. The number of allylic oxidation sites excluding steroid dienone is 1. The van der Waals surface area contributed by atoms with E-state index in [1.807, 2.05) is 45.8 Å². The first-order valence-corrected chi connectivity index (χ1v) is 19.3. The number of hydrogen-bond donors (Lipinski definition) is 3. The van der Waals surface area contributed by atoms with E-state index in [0.29, 0.717) is 24.0 Å². The zero-order valence-corrected chi connectivity index (χ0v) is 29.3. The Balaban J connectivity index is 1.23. The molecule has 0 aromatic carbocycles. The molecule has 1 unspecified atom stereocenters. The van der Waals surface area contributed by atoms with E-state index in [0.717, 1.165) is 56.1 Å². The van der Waals surface area contributed by atoms with Crippen molar-refractivity contribution >= 4 is 46.6 Å². The van der Waals surface area contributed by atoms with Crippen LogP contribution in [0.25, 0.3) is 22.3 Å². The maximum Gasteiger partial charge on any atom is 0.408 e. The summed E-state index contributed by atoms with van der Waals surface area (Å²) in [5.74, 6) is -2.57. The van der Waals surface area contributed by atoms with Gasteiger partial charge in [-0.3, -0.25) is 14.4 Å². The zero-order valence-electron chi connectivity index (χ0n) is 27.6. The van der Waals surface area contributed by atoms with E-state index in [4.69, 9.17) is 4.74 Å². The van der Waals surface area contributed by atoms with Crippen LogP contribution in [0.3, 0.4) is 0 Å². The summed E-state index contributed by atoms with van der Waals surface area (Å²) >= 11 is 2.99. The van der Waals surface area contributed by atoms with Crippen LogP contribution in [0.2, 0.25) is 0 Å². The molecule has 50 heavy (non-hydrogen) atoms. The molecule has 12 nitrogen and oxygen atoms in total. The molecule has 3 N–H and O–H groups in total. The quantitative estimate of drug-likeness (QED) is 0.287. The summed E-state index contributed by atoms with van der Waals surface area (Å²) in [4.78, 5) is 69.8. The van der Waals surface area contributed by atoms with E-state index in [1.165, 1.54) is 32.3 Å². The van der Waals surface area contributed by atoms with Gasteiger partial charge >= 0.3 is 12.1 Å². The molecule has 2 aliphatic carbocycles. The van der Waals surface area contributed by atoms with Gasteiger partial charge in [0.2, 0.25) is 11.8 Å². The van der Waals surface area contributed by atoms with Crippen LogP contribution in [0.5, 0.6) is 0 Å². The van der Waals surface area contributed by atoms with Gasteiger partial charge in [0.1, 0.15) is 23.7 Å². The number of aliphatic carboxylic acids is 1. The van der Waals surface area contributed by atoms with Gasteiger partial charge in [-0.1, -0.05) is 25.0 Å². The van der Waals surface area contributed by atoms with Gasteiger partial charge in [0.15, 0.2) is 0 Å². The van der Waals surface area contributed by atoms with Crippen molar-refractivity contribution in [2.75, 3.05) is 6.54 Å². The number of carbonyl (C=O) groups excluding carboxylic acids is 3. The molecule has 5 atom stereocenters. The van der Waals surface area contributed by atoms with Crippen molar-refractivity contribution in [1.29, 1.82) is 0 Å². The second-order valence-electron chi connectivity index (χ2n) is 13.8. The average Bonchev–Trinajstić information content (AvgIpc) is 3.77. The van der Waals surface area contributed by atoms with Crippen molar-refractivity contribution < 1.29 is 29.0 Å². The molecule has 0 bridgehead atoms. The van der Waals surface area contributed by atoms with Gasteiger partial charge in [-0.25, -0.2) is 14.3 Å². The Kier molecular flexibility index (Phi) is 9.91. The lowest BCUT2D eigenvalue weighted by Crippen LogP contribution is -2.56. The highest BCUT2D eigenvalue weighted by atomic mass is 32.1. The number of ether oxygens (including phenoxy) is 1. The molecular weight excluding hydrogens is 679 g/mol. The third-order valence-electron chi connectivity index (χ3n) is 10.5. The summed E-state index contributed by atoms with van der Waals surface area (Å²) in [5, 5.41) is 28.1. The first-order chi connectivity index (χ1) is 24.2. The number of amides is 3. The molecule has 14 heteroatoms. The standard InChI is InChI=1S/C36H41N5O7S2/c42-31-29-16-25(41-33(44)30(23-13-15-50-21-23)27(18-37-41)22-12-14-49-20-22)19-40(29)32(43)28(38-35(47)48-26-9-6-7-10-26)11-5-3-1-2-4-8-24-17-36(24,39-31)34(45)46/h4,8,12-15,18,20-21,24-26,28-29H,1-3,5-7,9-11,16-17,19H2,(H,38,47)(H,39,42)(H,45,46)/t24?,25-,28+,29+,36-/m1/s1. The number of thiophene rings is 2. The fourth-order valence-electron chi connectivity index (χ4n) is 7.64. The highest BCUT2D eigenvalue weighted by Gasteiger charge is 2.61. The predicted molar refractivity (Wildman–Crippen MR) is 189 cm³/mol. The molecule has 1 saturated heterocycles. The summed E-state index contributed by atoms with van der Waals surface area (Å²) in [7, 11) is 0. The number of aromatic nitrogens is 2. The smallest absolute Gasteiger partial charge is 0.408 e. The maximum atomic E-state index is 14.5. The second kappa shape index (κ2) is 14.5. The van der Waals surface area contributed by atoms with Crippen molar-refractivity contribution in [3.63, 3.8) is 0 Å². The predicted octanol–water partition coefficient (Wildman–Crippen LogP) is 5.36. The molecule has 264 valence electrons. The molecule has 0 spiro atoms. The topological polar surface area (TPSA) is 160 Å². The first kappa shape index (κ1) is 34.2. The van der Waals surface area contributed by atoms with Gasteiger partial charge in [-0.05, 0) is 96.1 Å². The number of alkyl carbamates (subject to hydrolysis) is 1. The van der Waals surface area contributed by atoms with Crippen LogP contribution in [0, 0.1) is 5.92 Å². The Bertz CT molecular complexity index is 1820. The molecule has 0 radical (unpaired) electrons. The summed E-state index contributed by atoms with van der Waals surface area (Å²) in [6, 6.07) is 1.07. The van der Waals surface area contributed by atoms with E-state index >= 15 is 0 Å². The van der Waals surface area contributed by atoms with E-state index in [9.17, 15) is 29.1 Å². The van der Waals surface area contributed by atoms with Crippen LogP contribution in [0.1, 0.15) is 76.7 Å². The number of carboxylic acids is 1. The van der Waals surface area contributed by atoms with Crippen LogP contribution >= 0.6 is 22.7 Å². The number of carboxylic acid groups (broad SMARTS) is 1. The van der Waals surface area contributed by atoms with Crippen molar-refractivity contribution in [2.24, 2.45) is 5.92 Å². The largest absolute Gasteiger partial charge is 0.479 e. The summed E-state index contributed by atoms with van der Waals surface area (Å²) in [6.45, 7) is -0.0239. The van der Waals surface area contributed by atoms with Crippen LogP contribution < -0.4 is 16.2 Å². The monoisotopic (exact) mass is 719 g/mol. The Morgan fingerprint density at radius 1 is 1.00 bits per heavy atom. The molecule has 7 rings (SSSR count). The summed E-state index contributed by atoms with van der Waals surface area (Å²) in [5.41, 5.74) is 0.969. The summed E-state index contributed by atoms with van der Waals surface area (Å²) < 4.78 is 7.00. The third kappa shape index (κ3) is 6.87. The molecule has 5 heterocycles. The van der Waals surface area contributed by atoms with Gasteiger partial charge < -0.3 is 25.4 Å². The van der Waals surface area contributed by atoms with E-state index in [1.54, 1.807) is 6.20 Å². The van der Waals surface area contributed by atoms with Crippen molar-refractivity contribution in [3.05, 3.63) is 62.4 Å². The number of nitrogens with one attached hydrogen (secondary N) is 2. The van der Waals surface area contributed by atoms with Gasteiger partial charge in [0.05, 0.1) is 17.8 Å². The number of rotatable bonds is 6. The SMILES string of the molecule is O=C(N[C@H]1CCCCCC=CC2C[C@@]2(C(=O)O)NC(=O)[C@@H]2C[C@@H](n3ncc(-c4ccsc4)c(-c4ccsc4)c3=O)CN2C1=O)OC1CCCC1. The average molecular weight is 720 g/mol. The number of carbonyl (C=O) groups is 4. The normalized spacial score (nSPS) is 27.5. The fourth-order valence-corrected chi connectivity index (χ4v) is 8.94. The van der Waals surface area contributed by atoms with Crippen LogP contribution in [0.15, 0.2) is 56.8 Å². The molecule has 3 aromatic rings. The number of fused-ring (bicyclic) bond motifs is 2. The van der Waals surface area contributed by atoms with E-state index in [-0.39, 0.29) is 37.0 Å². The van der Waals surface area contributed by atoms with Crippen LogP contribution in [-0.4, -0.2) is 73.9 Å². The zero-order chi connectivity index (χ0) is 34.8. The van der Waals surface area contributed by atoms with Crippen molar-refractivity contribution in [1.82, 2.24) is 25.3 Å². The van der Waals surface area contributed by atoms with Crippen molar-refractivity contribution in [2.45, 2.75) is 100 Å². The molecule has 2 aliphatic heterocycles. The minimum Gasteiger partial charge on any atom is -0.479 e. The second-order valence-corrected chi connectivity index (χ2v) is 15.3. The number of hydrogen-bond acceptors (Lipinski definition) is 9. The Morgan fingerprint density at radius 2 is 1.74 bits per heavy atom. The maximum absolute atomic E-state index is 14.5. The van der Waals surface area contributed by atoms with E-state index < -0.39 is 47.5 Å². The van der Waals surface area contributed by atoms with Crippen LogP contribution in [-0.2, 0) is 19.1 Å². The molecule has 3 fully saturated rings. The molecular formula is C36H41N5O7S2. The van der Waals surface area contributed by atoms with Gasteiger partial charge in [-0.2, -0.15) is 27.8 Å². The number of nitrogens with zero attached hydrogens (tertiary/aromatic N) is 3. The minimum atomic E-state index is -1.47.